The molecular weight excluding hydrogens is 226 g/mol. The molecule has 2 aliphatic heterocycles. The van der Waals surface area contributed by atoms with E-state index in [4.69, 9.17) is 0 Å². The molecule has 2 unspecified atom stereocenters. The van der Waals surface area contributed by atoms with Crippen LogP contribution in [0.5, 0.6) is 0 Å². The molecule has 0 saturated carbocycles. The monoisotopic (exact) mass is 247 g/mol. The van der Waals surface area contributed by atoms with Crippen LogP contribution in [0.15, 0.2) is 18.3 Å². The van der Waals surface area contributed by atoms with E-state index in [0.717, 1.165) is 24.5 Å². The van der Waals surface area contributed by atoms with Gasteiger partial charge in [-0.05, 0) is 44.0 Å². The van der Waals surface area contributed by atoms with Crippen molar-refractivity contribution in [3.8, 4) is 0 Å². The van der Waals surface area contributed by atoms with Gasteiger partial charge in [-0.15, -0.1) is 0 Å². The lowest BCUT2D eigenvalue weighted by Crippen LogP contribution is -2.55. The number of aromatic nitrogens is 1. The minimum absolute atomic E-state index is 0.0906. The second kappa shape index (κ2) is 4.86. The zero-order valence-corrected chi connectivity index (χ0v) is 10.9. The summed E-state index contributed by atoms with van der Waals surface area (Å²) in [5.41, 5.74) is 0.945. The highest BCUT2D eigenvalue weighted by molar-refractivity contribution is 5.43. The average molecular weight is 247 g/mol. The largest absolute Gasteiger partial charge is 0.392 e. The molecule has 1 aromatic rings. The minimum Gasteiger partial charge on any atom is -0.392 e. The SMILES string of the molecule is CC1CN2CCCC2CN1c1cc(CO)ccn1. The number of pyridine rings is 1. The number of rotatable bonds is 2. The maximum Gasteiger partial charge on any atom is 0.129 e. The molecule has 0 radical (unpaired) electrons. The normalized spacial score (nSPS) is 28.4. The third-order valence-electron chi connectivity index (χ3n) is 4.22. The summed E-state index contributed by atoms with van der Waals surface area (Å²) in [5.74, 6) is 1.01. The van der Waals surface area contributed by atoms with E-state index in [-0.39, 0.29) is 6.61 Å². The highest BCUT2D eigenvalue weighted by atomic mass is 16.3. The molecule has 2 saturated heterocycles. The van der Waals surface area contributed by atoms with E-state index >= 15 is 0 Å². The minimum atomic E-state index is 0.0906. The first-order valence-corrected chi connectivity index (χ1v) is 6.84. The average Bonchev–Trinajstić information content (AvgIpc) is 2.85. The summed E-state index contributed by atoms with van der Waals surface area (Å²) in [4.78, 5) is 9.47. The van der Waals surface area contributed by atoms with Crippen LogP contribution in [0.3, 0.4) is 0 Å². The van der Waals surface area contributed by atoms with Gasteiger partial charge in [-0.25, -0.2) is 4.98 Å². The van der Waals surface area contributed by atoms with E-state index in [1.807, 2.05) is 12.1 Å². The molecule has 3 rings (SSSR count). The van der Waals surface area contributed by atoms with Crippen molar-refractivity contribution >= 4 is 5.82 Å². The van der Waals surface area contributed by atoms with Crippen molar-refractivity contribution in [2.45, 2.75) is 38.5 Å². The zero-order chi connectivity index (χ0) is 12.5. The fourth-order valence-corrected chi connectivity index (χ4v) is 3.22. The summed E-state index contributed by atoms with van der Waals surface area (Å²) in [6.45, 7) is 5.82. The Morgan fingerprint density at radius 2 is 2.33 bits per heavy atom. The predicted octanol–water partition coefficient (Wildman–Crippen LogP) is 1.25. The predicted molar refractivity (Wildman–Crippen MR) is 71.6 cm³/mol. The van der Waals surface area contributed by atoms with Crippen molar-refractivity contribution < 1.29 is 5.11 Å². The number of piperazine rings is 1. The van der Waals surface area contributed by atoms with Crippen LogP contribution in [0.4, 0.5) is 5.82 Å². The van der Waals surface area contributed by atoms with E-state index in [1.54, 1.807) is 6.20 Å². The Hall–Kier alpha value is -1.13. The van der Waals surface area contributed by atoms with E-state index in [2.05, 4.69) is 21.7 Å². The first kappa shape index (κ1) is 11.9. The quantitative estimate of drug-likeness (QED) is 0.853. The summed E-state index contributed by atoms with van der Waals surface area (Å²) >= 11 is 0. The lowest BCUT2D eigenvalue weighted by Gasteiger charge is -2.43. The Labute approximate surface area is 108 Å². The fraction of sp³-hybridized carbons (Fsp3) is 0.643. The summed E-state index contributed by atoms with van der Waals surface area (Å²) in [7, 11) is 0. The topological polar surface area (TPSA) is 39.6 Å². The number of nitrogens with zero attached hydrogens (tertiary/aromatic N) is 3. The van der Waals surface area contributed by atoms with E-state index < -0.39 is 0 Å². The van der Waals surface area contributed by atoms with Crippen LogP contribution >= 0.6 is 0 Å². The van der Waals surface area contributed by atoms with E-state index in [1.165, 1.54) is 19.4 Å². The summed E-state index contributed by atoms with van der Waals surface area (Å²) < 4.78 is 0. The van der Waals surface area contributed by atoms with Gasteiger partial charge in [0.2, 0.25) is 0 Å². The Bertz CT molecular complexity index is 423. The molecule has 0 bridgehead atoms. The third kappa shape index (κ3) is 2.10. The molecule has 2 aliphatic rings. The van der Waals surface area contributed by atoms with Crippen molar-refractivity contribution in [1.82, 2.24) is 9.88 Å². The van der Waals surface area contributed by atoms with E-state index in [0.29, 0.717) is 12.1 Å². The van der Waals surface area contributed by atoms with Crippen LogP contribution < -0.4 is 4.90 Å². The van der Waals surface area contributed by atoms with Gasteiger partial charge in [0.05, 0.1) is 6.61 Å². The smallest absolute Gasteiger partial charge is 0.129 e. The Morgan fingerprint density at radius 3 is 3.17 bits per heavy atom. The number of aliphatic hydroxyl groups is 1. The van der Waals surface area contributed by atoms with Crippen molar-refractivity contribution in [2.75, 3.05) is 24.5 Å². The molecule has 18 heavy (non-hydrogen) atoms. The van der Waals surface area contributed by atoms with Crippen LogP contribution in [0.1, 0.15) is 25.3 Å². The highest BCUT2D eigenvalue weighted by Crippen LogP contribution is 2.27. The maximum atomic E-state index is 9.22. The number of hydrogen-bond donors (Lipinski definition) is 1. The van der Waals surface area contributed by atoms with Crippen molar-refractivity contribution in [3.05, 3.63) is 23.9 Å². The van der Waals surface area contributed by atoms with Gasteiger partial charge in [-0.2, -0.15) is 0 Å². The first-order chi connectivity index (χ1) is 8.78. The molecule has 0 spiro atoms. The first-order valence-electron chi connectivity index (χ1n) is 6.84. The molecule has 0 aromatic carbocycles. The van der Waals surface area contributed by atoms with Crippen LogP contribution in [-0.2, 0) is 6.61 Å². The molecule has 4 heteroatoms. The number of fused-ring (bicyclic) bond motifs is 1. The van der Waals surface area contributed by atoms with Crippen LogP contribution in [0.25, 0.3) is 0 Å². The van der Waals surface area contributed by atoms with Crippen molar-refractivity contribution in [1.29, 1.82) is 0 Å². The van der Waals surface area contributed by atoms with Gasteiger partial charge in [0.1, 0.15) is 5.82 Å². The second-order valence-electron chi connectivity index (χ2n) is 5.47. The molecule has 0 amide bonds. The molecule has 2 atom stereocenters. The van der Waals surface area contributed by atoms with Crippen LogP contribution in [0, 0.1) is 0 Å². The third-order valence-corrected chi connectivity index (χ3v) is 4.22. The lowest BCUT2D eigenvalue weighted by molar-refractivity contribution is 0.202. The highest BCUT2D eigenvalue weighted by Gasteiger charge is 2.34. The molecule has 0 aliphatic carbocycles. The lowest BCUT2D eigenvalue weighted by atomic mass is 10.1. The maximum absolute atomic E-state index is 9.22. The Kier molecular flexibility index (Phi) is 3.22. The molecule has 2 fully saturated rings. The molecule has 3 heterocycles. The van der Waals surface area contributed by atoms with Crippen LogP contribution in [0.2, 0.25) is 0 Å². The Balaban J connectivity index is 1.81. The number of anilines is 1. The number of aliphatic hydroxyl groups excluding tert-OH is 1. The fourth-order valence-electron chi connectivity index (χ4n) is 3.22. The standard InChI is InChI=1S/C14H21N3O/c1-11-8-16-6-2-3-13(16)9-17(11)14-7-12(10-18)4-5-15-14/h4-5,7,11,13,18H,2-3,6,8-10H2,1H3. The molecule has 1 aromatic heterocycles. The van der Waals surface area contributed by atoms with Gasteiger partial charge in [0, 0.05) is 31.4 Å². The zero-order valence-electron chi connectivity index (χ0n) is 10.9. The van der Waals surface area contributed by atoms with Gasteiger partial charge in [0.25, 0.3) is 0 Å². The summed E-state index contributed by atoms with van der Waals surface area (Å²) in [6, 6.07) is 5.09. The Morgan fingerprint density at radius 1 is 1.44 bits per heavy atom. The van der Waals surface area contributed by atoms with Gasteiger partial charge in [0.15, 0.2) is 0 Å². The molecule has 98 valence electrons. The molecule has 4 nitrogen and oxygen atoms in total. The molecule has 1 N–H and O–H groups in total. The van der Waals surface area contributed by atoms with Crippen LogP contribution in [-0.4, -0.2) is 46.7 Å². The van der Waals surface area contributed by atoms with E-state index in [9.17, 15) is 5.11 Å². The van der Waals surface area contributed by atoms with Gasteiger partial charge >= 0.3 is 0 Å². The van der Waals surface area contributed by atoms with Gasteiger partial charge < -0.3 is 10.0 Å². The van der Waals surface area contributed by atoms with Crippen molar-refractivity contribution in [3.63, 3.8) is 0 Å². The van der Waals surface area contributed by atoms with Crippen molar-refractivity contribution in [2.24, 2.45) is 0 Å². The number of hydrogen-bond acceptors (Lipinski definition) is 4. The summed E-state index contributed by atoms with van der Waals surface area (Å²) in [5, 5.41) is 9.22. The molecular formula is C14H21N3O. The second-order valence-corrected chi connectivity index (χ2v) is 5.47. The summed E-state index contributed by atoms with van der Waals surface area (Å²) in [6.07, 6.45) is 4.44. The van der Waals surface area contributed by atoms with Gasteiger partial charge in [-0.1, -0.05) is 0 Å². The van der Waals surface area contributed by atoms with Gasteiger partial charge in [-0.3, -0.25) is 4.90 Å².